The van der Waals surface area contributed by atoms with Gasteiger partial charge in [0.15, 0.2) is 0 Å². The highest BCUT2D eigenvalue weighted by molar-refractivity contribution is 9.10. The number of hydrogen-bond acceptors (Lipinski definition) is 2. The van der Waals surface area contributed by atoms with E-state index in [1.807, 2.05) is 0 Å². The van der Waals surface area contributed by atoms with Crippen molar-refractivity contribution in [2.75, 3.05) is 18.4 Å². The second-order valence-electron chi connectivity index (χ2n) is 3.94. The van der Waals surface area contributed by atoms with E-state index in [9.17, 15) is 9.90 Å². The maximum Gasteiger partial charge on any atom is 0.321 e. The van der Waals surface area contributed by atoms with Crippen molar-refractivity contribution in [2.45, 2.75) is 12.5 Å². The molecule has 1 atom stereocenters. The summed E-state index contributed by atoms with van der Waals surface area (Å²) in [6.07, 6.45) is 0.226. The van der Waals surface area contributed by atoms with Gasteiger partial charge >= 0.3 is 6.03 Å². The summed E-state index contributed by atoms with van der Waals surface area (Å²) in [5, 5.41) is 12.7. The number of urea groups is 1. The second-order valence-corrected chi connectivity index (χ2v) is 5.23. The van der Waals surface area contributed by atoms with Crippen LogP contribution in [0.4, 0.5) is 10.5 Å². The number of anilines is 1. The number of amides is 2. The molecule has 4 nitrogen and oxygen atoms in total. The van der Waals surface area contributed by atoms with Gasteiger partial charge < -0.3 is 15.3 Å². The molecule has 17 heavy (non-hydrogen) atoms. The highest BCUT2D eigenvalue weighted by Gasteiger charge is 2.24. The van der Waals surface area contributed by atoms with Gasteiger partial charge in [-0.05, 0) is 40.5 Å². The molecule has 1 aromatic carbocycles. The van der Waals surface area contributed by atoms with E-state index in [1.165, 1.54) is 0 Å². The number of aliphatic hydroxyl groups is 1. The molecule has 0 spiro atoms. The molecular formula is C11H12BrClN2O2. The van der Waals surface area contributed by atoms with Crippen LogP contribution in [0.1, 0.15) is 6.42 Å². The number of carbonyl (C=O) groups excluding carboxylic acids is 1. The van der Waals surface area contributed by atoms with Crippen molar-refractivity contribution in [3.8, 4) is 0 Å². The van der Waals surface area contributed by atoms with Crippen LogP contribution in [0.25, 0.3) is 0 Å². The van der Waals surface area contributed by atoms with E-state index in [-0.39, 0.29) is 6.03 Å². The van der Waals surface area contributed by atoms with Crippen molar-refractivity contribution in [2.24, 2.45) is 0 Å². The van der Waals surface area contributed by atoms with E-state index < -0.39 is 6.10 Å². The zero-order valence-corrected chi connectivity index (χ0v) is 11.3. The molecule has 1 aliphatic heterocycles. The Kier molecular flexibility index (Phi) is 3.91. The van der Waals surface area contributed by atoms with Crippen LogP contribution in [0.15, 0.2) is 22.7 Å². The lowest BCUT2D eigenvalue weighted by atomic mass is 10.3. The molecular weight excluding hydrogens is 307 g/mol. The molecule has 0 radical (unpaired) electrons. The summed E-state index contributed by atoms with van der Waals surface area (Å²) in [7, 11) is 0. The third kappa shape index (κ3) is 3.12. The number of aliphatic hydroxyl groups excluding tert-OH is 1. The minimum absolute atomic E-state index is 0.204. The fourth-order valence-corrected chi connectivity index (χ4v) is 2.49. The van der Waals surface area contributed by atoms with Gasteiger partial charge in [-0.25, -0.2) is 4.79 Å². The van der Waals surface area contributed by atoms with Crippen LogP contribution in [-0.4, -0.2) is 35.2 Å². The van der Waals surface area contributed by atoms with Crippen LogP contribution < -0.4 is 5.32 Å². The van der Waals surface area contributed by atoms with Crippen molar-refractivity contribution < 1.29 is 9.90 Å². The number of β-amino-alcohol motifs (C(OH)–C–C–N with tert-alkyl or cyclic N) is 1. The molecule has 0 saturated carbocycles. The van der Waals surface area contributed by atoms with Crippen molar-refractivity contribution in [1.29, 1.82) is 0 Å². The molecule has 2 rings (SSSR count). The van der Waals surface area contributed by atoms with Gasteiger partial charge in [-0.15, -0.1) is 0 Å². The number of halogens is 2. The quantitative estimate of drug-likeness (QED) is 0.836. The SMILES string of the molecule is O=C(Nc1ccc(Cl)cc1Br)N1CC[C@H](O)C1. The van der Waals surface area contributed by atoms with Gasteiger partial charge in [-0.2, -0.15) is 0 Å². The Hall–Kier alpha value is -0.780. The molecule has 1 saturated heterocycles. The Bertz CT molecular complexity index is 441. The smallest absolute Gasteiger partial charge is 0.321 e. The molecule has 6 heteroatoms. The fraction of sp³-hybridized carbons (Fsp3) is 0.364. The normalized spacial score (nSPS) is 19.5. The Morgan fingerprint density at radius 3 is 2.94 bits per heavy atom. The van der Waals surface area contributed by atoms with Crippen LogP contribution in [0.3, 0.4) is 0 Å². The van der Waals surface area contributed by atoms with Gasteiger partial charge in [0, 0.05) is 22.6 Å². The number of benzene rings is 1. The van der Waals surface area contributed by atoms with E-state index in [4.69, 9.17) is 11.6 Å². The minimum atomic E-state index is -0.408. The summed E-state index contributed by atoms with van der Waals surface area (Å²) in [5.41, 5.74) is 0.667. The first-order valence-corrected chi connectivity index (χ1v) is 6.42. The van der Waals surface area contributed by atoms with Crippen LogP contribution in [-0.2, 0) is 0 Å². The van der Waals surface area contributed by atoms with Gasteiger partial charge in [-0.1, -0.05) is 11.6 Å². The Morgan fingerprint density at radius 2 is 2.35 bits per heavy atom. The standard InChI is InChI=1S/C11H12BrClN2O2/c12-9-5-7(13)1-2-10(9)14-11(17)15-4-3-8(16)6-15/h1-2,5,8,16H,3-4,6H2,(H,14,17)/t8-/m0/s1. The molecule has 2 N–H and O–H groups in total. The average Bonchev–Trinajstić information content (AvgIpc) is 2.69. The first-order chi connectivity index (χ1) is 8.06. The van der Waals surface area contributed by atoms with Crippen molar-refractivity contribution in [1.82, 2.24) is 4.90 Å². The predicted molar refractivity (Wildman–Crippen MR) is 70.4 cm³/mol. The summed E-state index contributed by atoms with van der Waals surface area (Å²) in [4.78, 5) is 13.4. The van der Waals surface area contributed by atoms with Crippen LogP contribution in [0.5, 0.6) is 0 Å². The molecule has 2 amide bonds. The number of rotatable bonds is 1. The first kappa shape index (κ1) is 12.7. The summed E-state index contributed by atoms with van der Waals surface area (Å²) < 4.78 is 0.734. The van der Waals surface area contributed by atoms with E-state index in [1.54, 1.807) is 23.1 Å². The third-order valence-electron chi connectivity index (χ3n) is 2.62. The topological polar surface area (TPSA) is 52.6 Å². The highest BCUT2D eigenvalue weighted by Crippen LogP contribution is 2.26. The van der Waals surface area contributed by atoms with E-state index in [0.717, 1.165) is 4.47 Å². The number of carbonyl (C=O) groups is 1. The summed E-state index contributed by atoms with van der Waals surface area (Å²) in [6, 6.07) is 4.96. The molecule has 92 valence electrons. The Morgan fingerprint density at radius 1 is 1.59 bits per heavy atom. The van der Waals surface area contributed by atoms with E-state index in [2.05, 4.69) is 21.2 Å². The molecule has 1 aromatic rings. The highest BCUT2D eigenvalue weighted by atomic mass is 79.9. The van der Waals surface area contributed by atoms with Crippen LogP contribution in [0.2, 0.25) is 5.02 Å². The van der Waals surface area contributed by atoms with E-state index in [0.29, 0.717) is 30.2 Å². The third-order valence-corrected chi connectivity index (χ3v) is 3.51. The zero-order chi connectivity index (χ0) is 12.4. The maximum atomic E-state index is 11.8. The van der Waals surface area contributed by atoms with Gasteiger partial charge in [-0.3, -0.25) is 0 Å². The van der Waals surface area contributed by atoms with Crippen LogP contribution in [0, 0.1) is 0 Å². The van der Waals surface area contributed by atoms with Gasteiger partial charge in [0.05, 0.1) is 11.8 Å². The molecule has 0 unspecified atom stereocenters. The minimum Gasteiger partial charge on any atom is -0.391 e. The summed E-state index contributed by atoms with van der Waals surface area (Å²) in [5.74, 6) is 0. The lowest BCUT2D eigenvalue weighted by Crippen LogP contribution is -2.33. The zero-order valence-electron chi connectivity index (χ0n) is 8.99. The number of hydrogen-bond donors (Lipinski definition) is 2. The molecule has 0 aromatic heterocycles. The molecule has 1 fully saturated rings. The van der Waals surface area contributed by atoms with Crippen LogP contribution >= 0.6 is 27.5 Å². The molecule has 1 aliphatic rings. The molecule has 0 aliphatic carbocycles. The Labute approximate surface area is 113 Å². The van der Waals surface area contributed by atoms with Crippen molar-refractivity contribution >= 4 is 39.2 Å². The number of nitrogens with one attached hydrogen (secondary N) is 1. The van der Waals surface area contributed by atoms with Gasteiger partial charge in [0.2, 0.25) is 0 Å². The van der Waals surface area contributed by atoms with Gasteiger partial charge in [0.1, 0.15) is 0 Å². The lowest BCUT2D eigenvalue weighted by Gasteiger charge is -2.17. The van der Waals surface area contributed by atoms with Crippen molar-refractivity contribution in [3.05, 3.63) is 27.7 Å². The first-order valence-electron chi connectivity index (χ1n) is 5.25. The lowest BCUT2D eigenvalue weighted by molar-refractivity contribution is 0.176. The number of nitrogens with zero attached hydrogens (tertiary/aromatic N) is 1. The maximum absolute atomic E-state index is 11.8. The number of likely N-dealkylation sites (tertiary alicyclic amines) is 1. The Balaban J connectivity index is 2.03. The monoisotopic (exact) mass is 318 g/mol. The average molecular weight is 320 g/mol. The van der Waals surface area contributed by atoms with Crippen molar-refractivity contribution in [3.63, 3.8) is 0 Å². The van der Waals surface area contributed by atoms with Gasteiger partial charge in [0.25, 0.3) is 0 Å². The largest absolute Gasteiger partial charge is 0.391 e. The molecule has 0 bridgehead atoms. The summed E-state index contributed by atoms with van der Waals surface area (Å²) >= 11 is 9.14. The van der Waals surface area contributed by atoms with E-state index >= 15 is 0 Å². The summed E-state index contributed by atoms with van der Waals surface area (Å²) in [6.45, 7) is 0.968. The predicted octanol–water partition coefficient (Wildman–Crippen LogP) is 2.70. The fourth-order valence-electron chi connectivity index (χ4n) is 1.71. The molecule has 1 heterocycles. The second kappa shape index (κ2) is 5.25.